The van der Waals surface area contributed by atoms with E-state index in [1.807, 2.05) is 12.3 Å². The molecule has 35 heavy (non-hydrogen) atoms. The largest absolute Gasteiger partial charge is 0.378 e. The van der Waals surface area contributed by atoms with Crippen LogP contribution in [0.25, 0.3) is 5.65 Å². The van der Waals surface area contributed by atoms with E-state index in [1.54, 1.807) is 30.9 Å². The number of alkyl halides is 1. The van der Waals surface area contributed by atoms with Gasteiger partial charge in [-0.05, 0) is 44.7 Å². The molecule has 1 amide bonds. The van der Waals surface area contributed by atoms with E-state index in [2.05, 4.69) is 33.0 Å². The van der Waals surface area contributed by atoms with E-state index in [1.165, 1.54) is 10.7 Å². The molecule has 2 fully saturated rings. The van der Waals surface area contributed by atoms with Crippen LogP contribution in [0, 0.1) is 0 Å². The molecule has 0 aliphatic heterocycles. The summed E-state index contributed by atoms with van der Waals surface area (Å²) in [6, 6.07) is 4.82. The number of aromatic nitrogens is 4. The van der Waals surface area contributed by atoms with Crippen LogP contribution < -0.4 is 21.5 Å². The quantitative estimate of drug-likeness (QED) is 0.473. The Morgan fingerprint density at radius 1 is 1.37 bits per heavy atom. The van der Waals surface area contributed by atoms with Gasteiger partial charge in [0, 0.05) is 38.9 Å². The summed E-state index contributed by atoms with van der Waals surface area (Å²) in [4.78, 5) is 30.6. The Morgan fingerprint density at radius 3 is 2.89 bits per heavy atom. The molecule has 4 atom stereocenters. The van der Waals surface area contributed by atoms with Crippen LogP contribution in [0.3, 0.4) is 0 Å². The third-order valence-corrected chi connectivity index (χ3v) is 7.04. The first-order valence-corrected chi connectivity index (χ1v) is 11.9. The minimum atomic E-state index is -1.01. The molecule has 3 N–H and O–H groups in total. The normalized spacial score (nSPS) is 25.9. The van der Waals surface area contributed by atoms with Crippen LogP contribution in [-0.4, -0.2) is 57.0 Å². The van der Waals surface area contributed by atoms with Gasteiger partial charge < -0.3 is 25.3 Å². The van der Waals surface area contributed by atoms with Gasteiger partial charge in [-0.15, -0.1) is 0 Å². The number of carbonyl (C=O) groups excluding carboxylic acids is 1. The van der Waals surface area contributed by atoms with Gasteiger partial charge in [-0.25, -0.2) is 9.37 Å². The number of rotatable bonds is 7. The van der Waals surface area contributed by atoms with Crippen molar-refractivity contribution in [2.45, 2.75) is 62.9 Å². The highest BCUT2D eigenvalue weighted by Crippen LogP contribution is 2.37. The van der Waals surface area contributed by atoms with Crippen LogP contribution in [0.5, 0.6) is 0 Å². The molecule has 11 heteroatoms. The number of amides is 1. The van der Waals surface area contributed by atoms with Crippen molar-refractivity contribution in [1.29, 1.82) is 0 Å². The summed E-state index contributed by atoms with van der Waals surface area (Å²) in [5.41, 5.74) is 0.504. The van der Waals surface area contributed by atoms with Gasteiger partial charge in [-0.2, -0.15) is 9.61 Å². The third kappa shape index (κ3) is 4.47. The SMILES string of the molecule is CNc1cc(Nc2cccn([C@H]3CCC[C@@](C)(OC)C3)c2=O)nc2c(C(=O)N[C@@H]3C[C@@H]3F)cnn12. The Labute approximate surface area is 201 Å². The lowest BCUT2D eigenvalue weighted by atomic mass is 9.83. The van der Waals surface area contributed by atoms with Crippen molar-refractivity contribution in [2.75, 3.05) is 24.8 Å². The number of ether oxygens (including phenoxy) is 1. The lowest BCUT2D eigenvalue weighted by Gasteiger charge is -2.37. The summed E-state index contributed by atoms with van der Waals surface area (Å²) in [5.74, 6) is 0.523. The minimum Gasteiger partial charge on any atom is -0.378 e. The van der Waals surface area contributed by atoms with Crippen LogP contribution in [0.1, 0.15) is 55.4 Å². The Bertz CT molecular complexity index is 1320. The first kappa shape index (κ1) is 23.3. The number of hydrogen-bond donors (Lipinski definition) is 3. The highest BCUT2D eigenvalue weighted by Gasteiger charge is 2.39. The molecule has 0 spiro atoms. The summed E-state index contributed by atoms with van der Waals surface area (Å²) in [6.45, 7) is 2.08. The zero-order valence-corrected chi connectivity index (χ0v) is 20.0. The molecule has 2 saturated carbocycles. The predicted molar refractivity (Wildman–Crippen MR) is 130 cm³/mol. The van der Waals surface area contributed by atoms with E-state index in [0.29, 0.717) is 29.4 Å². The molecular weight excluding hydrogens is 453 g/mol. The molecule has 0 saturated heterocycles. The van der Waals surface area contributed by atoms with Gasteiger partial charge >= 0.3 is 0 Å². The van der Waals surface area contributed by atoms with Gasteiger partial charge in [-0.1, -0.05) is 0 Å². The second-order valence-corrected chi connectivity index (χ2v) is 9.57. The van der Waals surface area contributed by atoms with Gasteiger partial charge in [0.15, 0.2) is 5.65 Å². The maximum absolute atomic E-state index is 13.4. The average molecular weight is 484 g/mol. The van der Waals surface area contributed by atoms with Crippen molar-refractivity contribution < 1.29 is 13.9 Å². The Hall–Kier alpha value is -3.47. The van der Waals surface area contributed by atoms with Crippen LogP contribution >= 0.6 is 0 Å². The van der Waals surface area contributed by atoms with Crippen molar-refractivity contribution >= 4 is 28.9 Å². The second-order valence-electron chi connectivity index (χ2n) is 9.57. The number of hydrogen-bond acceptors (Lipinski definition) is 7. The molecule has 3 aromatic heterocycles. The number of carbonyl (C=O) groups is 1. The van der Waals surface area contributed by atoms with Crippen LogP contribution in [0.2, 0.25) is 0 Å². The lowest BCUT2D eigenvalue weighted by Crippen LogP contribution is -2.38. The van der Waals surface area contributed by atoms with Crippen LogP contribution in [0.4, 0.5) is 21.7 Å². The number of halogens is 1. The summed E-state index contributed by atoms with van der Waals surface area (Å²) in [5, 5.41) is 13.1. The number of fused-ring (bicyclic) bond motifs is 1. The van der Waals surface area contributed by atoms with Gasteiger partial charge in [0.2, 0.25) is 0 Å². The molecule has 3 heterocycles. The molecule has 3 aromatic rings. The molecule has 0 radical (unpaired) electrons. The Kier molecular flexibility index (Phi) is 5.96. The maximum Gasteiger partial charge on any atom is 0.274 e. The van der Waals surface area contributed by atoms with Gasteiger partial charge in [0.1, 0.15) is 29.1 Å². The first-order valence-electron chi connectivity index (χ1n) is 11.9. The summed E-state index contributed by atoms with van der Waals surface area (Å²) < 4.78 is 22.2. The lowest BCUT2D eigenvalue weighted by molar-refractivity contribution is -0.0375. The van der Waals surface area contributed by atoms with Crippen LogP contribution in [0.15, 0.2) is 35.4 Å². The number of nitrogens with zero attached hydrogens (tertiary/aromatic N) is 4. The van der Waals surface area contributed by atoms with E-state index < -0.39 is 18.1 Å². The van der Waals surface area contributed by atoms with E-state index in [4.69, 9.17) is 4.74 Å². The van der Waals surface area contributed by atoms with Gasteiger partial charge in [0.25, 0.3) is 11.5 Å². The molecule has 5 rings (SSSR count). The third-order valence-electron chi connectivity index (χ3n) is 7.04. The summed E-state index contributed by atoms with van der Waals surface area (Å²) in [7, 11) is 3.44. The van der Waals surface area contributed by atoms with Crippen molar-refractivity contribution in [3.63, 3.8) is 0 Å². The molecule has 10 nitrogen and oxygen atoms in total. The fourth-order valence-corrected chi connectivity index (χ4v) is 4.79. The minimum absolute atomic E-state index is 0.0399. The Morgan fingerprint density at radius 2 is 2.17 bits per heavy atom. The Balaban J connectivity index is 1.45. The number of nitrogens with one attached hydrogen (secondary N) is 3. The molecule has 0 aromatic carbocycles. The zero-order chi connectivity index (χ0) is 24.7. The van der Waals surface area contributed by atoms with E-state index in [-0.39, 0.29) is 22.8 Å². The number of methoxy groups -OCH3 is 1. The van der Waals surface area contributed by atoms with Crippen LogP contribution in [-0.2, 0) is 4.74 Å². The van der Waals surface area contributed by atoms with Crippen molar-refractivity contribution in [2.24, 2.45) is 0 Å². The molecule has 0 unspecified atom stereocenters. The van der Waals surface area contributed by atoms with Crippen molar-refractivity contribution in [1.82, 2.24) is 24.5 Å². The molecule has 186 valence electrons. The number of anilines is 3. The van der Waals surface area contributed by atoms with Crippen molar-refractivity contribution in [3.8, 4) is 0 Å². The molecule has 0 bridgehead atoms. The average Bonchev–Trinajstić information content (AvgIpc) is 3.36. The topological polar surface area (TPSA) is 115 Å². The van der Waals surface area contributed by atoms with E-state index >= 15 is 0 Å². The molecule has 2 aliphatic carbocycles. The highest BCUT2D eigenvalue weighted by atomic mass is 19.1. The molecular formula is C24H30FN7O3. The standard InChI is InChI=1S/C24H30FN7O3/c1-24(35-3)8-4-6-14(12-24)31-9-5-7-17(23(31)34)28-19-11-20(26-2)32-21(30-19)15(13-27-32)22(33)29-18-10-16(18)25/h5,7,9,11,13-14,16,18,26H,4,6,8,10,12H2,1-3H3,(H,28,30)(H,29,33)/t14-,16-,18+,24+/m0/s1. The zero-order valence-electron chi connectivity index (χ0n) is 20.0. The monoisotopic (exact) mass is 483 g/mol. The van der Waals surface area contributed by atoms with Gasteiger partial charge in [-0.3, -0.25) is 9.59 Å². The van der Waals surface area contributed by atoms with E-state index in [0.717, 1.165) is 25.7 Å². The fraction of sp³-hybridized carbons (Fsp3) is 0.500. The first-order chi connectivity index (χ1) is 16.8. The maximum atomic E-state index is 13.4. The summed E-state index contributed by atoms with van der Waals surface area (Å²) >= 11 is 0. The van der Waals surface area contributed by atoms with E-state index in [9.17, 15) is 14.0 Å². The smallest absolute Gasteiger partial charge is 0.274 e. The predicted octanol–water partition coefficient (Wildman–Crippen LogP) is 3.04. The molecule has 2 aliphatic rings. The number of pyridine rings is 1. The fourth-order valence-electron chi connectivity index (χ4n) is 4.79. The highest BCUT2D eigenvalue weighted by molar-refractivity contribution is 6.00. The summed E-state index contributed by atoms with van der Waals surface area (Å²) in [6.07, 6.45) is 6.15. The second kappa shape index (κ2) is 8.95. The van der Waals surface area contributed by atoms with Gasteiger partial charge in [0.05, 0.1) is 17.8 Å². The van der Waals surface area contributed by atoms with Crippen molar-refractivity contribution in [3.05, 3.63) is 46.5 Å².